The number of hydrogen-bond acceptors (Lipinski definition) is 3. The number of nitrogens with zero attached hydrogens (tertiary/aromatic N) is 3. The van der Waals surface area contributed by atoms with Crippen LogP contribution in [0.5, 0.6) is 0 Å². The highest BCUT2D eigenvalue weighted by Gasteiger charge is 2.20. The van der Waals surface area contributed by atoms with Gasteiger partial charge in [0.25, 0.3) is 0 Å². The third-order valence-electron chi connectivity index (χ3n) is 6.47. The van der Waals surface area contributed by atoms with Crippen LogP contribution in [0.1, 0.15) is 40.1 Å². The smallest absolute Gasteiger partial charge is 0.227 e. The summed E-state index contributed by atoms with van der Waals surface area (Å²) >= 11 is 0. The minimum atomic E-state index is 0.0782. The topological polar surface area (TPSA) is 51.3 Å². The number of carbonyl (C=O) groups is 1. The van der Waals surface area contributed by atoms with Crippen LogP contribution in [0.25, 0.3) is 16.7 Å². The number of carbonyl (C=O) groups excluding carboxylic acids is 1. The Labute approximate surface area is 182 Å². The van der Waals surface area contributed by atoms with Gasteiger partial charge in [0.2, 0.25) is 5.91 Å². The molecule has 0 N–H and O–H groups in total. The molecule has 5 rings (SSSR count). The van der Waals surface area contributed by atoms with Crippen LogP contribution in [-0.4, -0.2) is 27.6 Å². The molecule has 0 aliphatic heterocycles. The van der Waals surface area contributed by atoms with Gasteiger partial charge in [-0.25, -0.2) is 4.68 Å². The molecule has 0 radical (unpaired) electrons. The maximum atomic E-state index is 13.0. The first-order chi connectivity index (χ1) is 15.0. The number of furan rings is 1. The maximum absolute atomic E-state index is 13.0. The fourth-order valence-corrected chi connectivity index (χ4v) is 4.63. The molecule has 2 aromatic carbocycles. The van der Waals surface area contributed by atoms with E-state index in [4.69, 9.17) is 9.52 Å². The van der Waals surface area contributed by atoms with Crippen molar-refractivity contribution in [2.75, 3.05) is 7.05 Å². The van der Waals surface area contributed by atoms with Crippen molar-refractivity contribution in [1.29, 1.82) is 0 Å². The van der Waals surface area contributed by atoms with Gasteiger partial charge in [0, 0.05) is 35.8 Å². The molecule has 31 heavy (non-hydrogen) atoms. The Morgan fingerprint density at radius 2 is 1.87 bits per heavy atom. The summed E-state index contributed by atoms with van der Waals surface area (Å²) in [6.45, 7) is 4.60. The summed E-state index contributed by atoms with van der Waals surface area (Å²) < 4.78 is 7.73. The molecule has 0 atom stereocenters. The van der Waals surface area contributed by atoms with Crippen LogP contribution in [-0.2, 0) is 30.6 Å². The zero-order chi connectivity index (χ0) is 21.5. The summed E-state index contributed by atoms with van der Waals surface area (Å²) in [6, 6.07) is 14.5. The van der Waals surface area contributed by atoms with Crippen LogP contribution in [0.4, 0.5) is 0 Å². The van der Waals surface area contributed by atoms with Gasteiger partial charge in [-0.05, 0) is 68.5 Å². The lowest BCUT2D eigenvalue weighted by molar-refractivity contribution is -0.129. The quantitative estimate of drug-likeness (QED) is 0.466. The second-order valence-electron chi connectivity index (χ2n) is 8.55. The van der Waals surface area contributed by atoms with Crippen molar-refractivity contribution in [3.63, 3.8) is 0 Å². The molecule has 4 aromatic rings. The third kappa shape index (κ3) is 3.54. The molecule has 0 unspecified atom stereocenters. The Morgan fingerprint density at radius 3 is 2.65 bits per heavy atom. The molecule has 1 aliphatic carbocycles. The van der Waals surface area contributed by atoms with Crippen LogP contribution in [0.15, 0.2) is 53.1 Å². The molecule has 0 bridgehead atoms. The normalized spacial score (nSPS) is 13.0. The number of aromatic nitrogens is 2. The van der Waals surface area contributed by atoms with E-state index in [1.807, 2.05) is 49.0 Å². The minimum Gasteiger partial charge on any atom is -0.464 e. The molecule has 2 heterocycles. The van der Waals surface area contributed by atoms with Crippen molar-refractivity contribution in [3.05, 3.63) is 82.4 Å². The number of fused-ring (bicyclic) bond motifs is 2. The number of amides is 1. The van der Waals surface area contributed by atoms with Gasteiger partial charge < -0.3 is 9.32 Å². The molecule has 0 fully saturated rings. The lowest BCUT2D eigenvalue weighted by Crippen LogP contribution is -2.28. The second-order valence-corrected chi connectivity index (χ2v) is 8.55. The zero-order valence-corrected chi connectivity index (χ0v) is 18.3. The van der Waals surface area contributed by atoms with E-state index in [0.717, 1.165) is 52.0 Å². The molecule has 0 saturated carbocycles. The SMILES string of the molecule is Cc1nn(-c2ccccc2)c(C)c1CN(C)C(=O)Cc1coc2cc3c(cc12)CCC3. The maximum Gasteiger partial charge on any atom is 0.227 e. The van der Waals surface area contributed by atoms with Crippen molar-refractivity contribution in [1.82, 2.24) is 14.7 Å². The average molecular weight is 414 g/mol. The lowest BCUT2D eigenvalue weighted by atomic mass is 10.0. The Balaban J connectivity index is 1.35. The van der Waals surface area contributed by atoms with Crippen LogP contribution < -0.4 is 0 Å². The number of likely N-dealkylation sites (N-methyl/N-ethyl adjacent to an activating group) is 1. The average Bonchev–Trinajstić information content (AvgIpc) is 3.46. The van der Waals surface area contributed by atoms with Gasteiger partial charge in [-0.2, -0.15) is 5.10 Å². The minimum absolute atomic E-state index is 0.0782. The Hall–Kier alpha value is -3.34. The summed E-state index contributed by atoms with van der Waals surface area (Å²) in [7, 11) is 1.86. The summed E-state index contributed by atoms with van der Waals surface area (Å²) in [4.78, 5) is 14.8. The zero-order valence-electron chi connectivity index (χ0n) is 18.3. The van der Waals surface area contributed by atoms with Crippen molar-refractivity contribution in [2.24, 2.45) is 0 Å². The van der Waals surface area contributed by atoms with E-state index in [2.05, 4.69) is 19.1 Å². The highest BCUT2D eigenvalue weighted by Crippen LogP contribution is 2.31. The van der Waals surface area contributed by atoms with Crippen molar-refractivity contribution >= 4 is 16.9 Å². The van der Waals surface area contributed by atoms with Gasteiger partial charge in [0.1, 0.15) is 5.58 Å². The molecule has 1 aliphatic rings. The molecule has 1 amide bonds. The first kappa shape index (κ1) is 19.6. The Morgan fingerprint density at radius 1 is 1.13 bits per heavy atom. The van der Waals surface area contributed by atoms with E-state index >= 15 is 0 Å². The van der Waals surface area contributed by atoms with Gasteiger partial charge in [-0.1, -0.05) is 18.2 Å². The predicted octanol–water partition coefficient (Wildman–Crippen LogP) is 4.93. The number of rotatable bonds is 5. The van der Waals surface area contributed by atoms with Gasteiger partial charge in [0.05, 0.1) is 24.1 Å². The summed E-state index contributed by atoms with van der Waals surface area (Å²) in [6.07, 6.45) is 5.53. The molecule has 158 valence electrons. The largest absolute Gasteiger partial charge is 0.464 e. The first-order valence-electron chi connectivity index (χ1n) is 10.9. The van der Waals surface area contributed by atoms with Gasteiger partial charge in [-0.3, -0.25) is 4.79 Å². The van der Waals surface area contributed by atoms with E-state index in [1.165, 1.54) is 17.5 Å². The Kier molecular flexibility index (Phi) is 4.89. The van der Waals surface area contributed by atoms with Gasteiger partial charge in [-0.15, -0.1) is 0 Å². The van der Waals surface area contributed by atoms with Crippen LogP contribution in [0.3, 0.4) is 0 Å². The van der Waals surface area contributed by atoms with E-state index in [0.29, 0.717) is 13.0 Å². The lowest BCUT2D eigenvalue weighted by Gasteiger charge is -2.17. The molecular weight excluding hydrogens is 386 g/mol. The van der Waals surface area contributed by atoms with Crippen LogP contribution >= 0.6 is 0 Å². The summed E-state index contributed by atoms with van der Waals surface area (Å²) in [5.41, 5.74) is 8.78. The summed E-state index contributed by atoms with van der Waals surface area (Å²) in [5, 5.41) is 5.78. The fourth-order valence-electron chi connectivity index (χ4n) is 4.63. The van der Waals surface area contributed by atoms with Gasteiger partial charge >= 0.3 is 0 Å². The highest BCUT2D eigenvalue weighted by atomic mass is 16.3. The number of aryl methyl sites for hydroxylation is 3. The molecular formula is C26H27N3O2. The monoisotopic (exact) mass is 413 g/mol. The van der Waals surface area contributed by atoms with Crippen molar-refractivity contribution < 1.29 is 9.21 Å². The Bertz CT molecular complexity index is 1270. The highest BCUT2D eigenvalue weighted by molar-refractivity contribution is 5.88. The molecule has 5 nitrogen and oxygen atoms in total. The second kappa shape index (κ2) is 7.73. The van der Waals surface area contributed by atoms with Gasteiger partial charge in [0.15, 0.2) is 0 Å². The number of hydrogen-bond donors (Lipinski definition) is 0. The molecule has 0 spiro atoms. The first-order valence-corrected chi connectivity index (χ1v) is 10.9. The van der Waals surface area contributed by atoms with Crippen LogP contribution in [0.2, 0.25) is 0 Å². The van der Waals surface area contributed by atoms with Crippen LogP contribution in [0, 0.1) is 13.8 Å². The molecule has 5 heteroatoms. The van der Waals surface area contributed by atoms with E-state index < -0.39 is 0 Å². The number of para-hydroxylation sites is 1. The predicted molar refractivity (Wildman–Crippen MR) is 121 cm³/mol. The molecule has 2 aromatic heterocycles. The standard InChI is InChI=1S/C26H27N3O2/c1-17-24(18(2)29(27-17)22-10-5-4-6-11-22)15-28(3)26(30)14-21-16-31-25-13-20-9-7-8-19(20)12-23(21)25/h4-6,10-13,16H,7-9,14-15H2,1-3H3. The van der Waals surface area contributed by atoms with Crippen molar-refractivity contribution in [2.45, 2.75) is 46.1 Å². The number of benzene rings is 2. The van der Waals surface area contributed by atoms with Crippen molar-refractivity contribution in [3.8, 4) is 5.69 Å². The molecule has 0 saturated heterocycles. The fraction of sp³-hybridized carbons (Fsp3) is 0.308. The van der Waals surface area contributed by atoms with E-state index in [1.54, 1.807) is 11.2 Å². The van der Waals surface area contributed by atoms with E-state index in [-0.39, 0.29) is 5.91 Å². The summed E-state index contributed by atoms with van der Waals surface area (Å²) in [5.74, 6) is 0.0782. The third-order valence-corrected chi connectivity index (χ3v) is 6.47. The van der Waals surface area contributed by atoms with E-state index in [9.17, 15) is 4.79 Å².